The van der Waals surface area contributed by atoms with Gasteiger partial charge >= 0.3 is 5.97 Å². The van der Waals surface area contributed by atoms with Crippen molar-refractivity contribution in [2.24, 2.45) is 11.8 Å². The van der Waals surface area contributed by atoms with Crippen LogP contribution < -0.4 is 0 Å². The predicted octanol–water partition coefficient (Wildman–Crippen LogP) is 0.120. The molecule has 0 saturated carbocycles. The van der Waals surface area contributed by atoms with Crippen LogP contribution in [-0.2, 0) is 23.8 Å². The van der Waals surface area contributed by atoms with Crippen LogP contribution in [0.15, 0.2) is 12.2 Å². The van der Waals surface area contributed by atoms with Gasteiger partial charge in [0, 0.05) is 13.2 Å². The molecule has 6 nitrogen and oxygen atoms in total. The average Bonchev–Trinajstić information content (AvgIpc) is 3.22. The molecule has 0 aromatic rings. The first-order valence-electron chi connectivity index (χ1n) is 7.50. The molecule has 4 heterocycles. The Kier molecular flexibility index (Phi) is 2.87. The summed E-state index contributed by atoms with van der Waals surface area (Å²) in [5.74, 6) is -1.32. The molecular formula is C15H19NO5. The number of rotatable bonds is 3. The van der Waals surface area contributed by atoms with Crippen LogP contribution in [0.5, 0.6) is 0 Å². The van der Waals surface area contributed by atoms with E-state index in [9.17, 15) is 9.59 Å². The number of carbonyl (C=O) groups excluding carboxylic acids is 2. The maximum absolute atomic E-state index is 12.7. The van der Waals surface area contributed by atoms with Gasteiger partial charge < -0.3 is 19.1 Å². The molecule has 0 radical (unpaired) electrons. The molecule has 114 valence electrons. The van der Waals surface area contributed by atoms with Crippen LogP contribution in [0.2, 0.25) is 0 Å². The number of hydrogen-bond donors (Lipinski definition) is 0. The first-order chi connectivity index (χ1) is 10.1. The van der Waals surface area contributed by atoms with Crippen LogP contribution in [-0.4, -0.2) is 61.4 Å². The molecule has 1 amide bonds. The molecule has 0 unspecified atom stereocenters. The second kappa shape index (κ2) is 4.55. The van der Waals surface area contributed by atoms with Gasteiger partial charge in [0.25, 0.3) is 0 Å². The van der Waals surface area contributed by atoms with Gasteiger partial charge in [0.1, 0.15) is 11.5 Å². The Hall–Kier alpha value is -1.40. The van der Waals surface area contributed by atoms with Crippen LogP contribution in [0.3, 0.4) is 0 Å². The zero-order valence-electron chi connectivity index (χ0n) is 12.0. The third-order valence-electron chi connectivity index (χ3n) is 5.10. The molecule has 0 aromatic heterocycles. The van der Waals surface area contributed by atoms with Crippen molar-refractivity contribution in [2.45, 2.75) is 30.7 Å². The molecule has 3 fully saturated rings. The van der Waals surface area contributed by atoms with Gasteiger partial charge in [0.15, 0.2) is 0 Å². The molecule has 5 atom stereocenters. The largest absolute Gasteiger partial charge is 0.469 e. The van der Waals surface area contributed by atoms with Crippen molar-refractivity contribution in [1.29, 1.82) is 0 Å². The van der Waals surface area contributed by atoms with Gasteiger partial charge in [-0.05, 0) is 12.8 Å². The number of nitrogens with zero attached hydrogens (tertiary/aromatic N) is 1. The summed E-state index contributed by atoms with van der Waals surface area (Å²) in [7, 11) is 1.36. The fraction of sp³-hybridized carbons (Fsp3) is 0.733. The Morgan fingerprint density at radius 3 is 3.14 bits per heavy atom. The molecule has 6 heteroatoms. The second-order valence-corrected chi connectivity index (χ2v) is 6.28. The number of likely N-dealkylation sites (tertiary alicyclic amines) is 1. The lowest BCUT2D eigenvalue weighted by molar-refractivity contribution is -0.151. The van der Waals surface area contributed by atoms with Crippen LogP contribution >= 0.6 is 0 Å². The summed E-state index contributed by atoms with van der Waals surface area (Å²) >= 11 is 0. The van der Waals surface area contributed by atoms with E-state index in [2.05, 4.69) is 0 Å². The average molecular weight is 293 g/mol. The van der Waals surface area contributed by atoms with Crippen molar-refractivity contribution in [2.75, 3.05) is 26.8 Å². The minimum atomic E-state index is -0.640. The third kappa shape index (κ3) is 1.78. The fourth-order valence-corrected chi connectivity index (χ4v) is 4.17. The Morgan fingerprint density at radius 1 is 1.57 bits per heavy atom. The first kappa shape index (κ1) is 13.3. The van der Waals surface area contributed by atoms with E-state index in [1.54, 1.807) is 4.90 Å². The van der Waals surface area contributed by atoms with Gasteiger partial charge in [-0.1, -0.05) is 12.2 Å². The fourth-order valence-electron chi connectivity index (χ4n) is 4.17. The predicted molar refractivity (Wildman–Crippen MR) is 71.3 cm³/mol. The topological polar surface area (TPSA) is 65.1 Å². The lowest BCUT2D eigenvalue weighted by atomic mass is 9.77. The molecular weight excluding hydrogens is 274 g/mol. The van der Waals surface area contributed by atoms with E-state index in [0.717, 1.165) is 19.4 Å². The molecule has 4 rings (SSSR count). The molecule has 4 aliphatic heterocycles. The van der Waals surface area contributed by atoms with Gasteiger partial charge in [-0.2, -0.15) is 0 Å². The maximum atomic E-state index is 12.7. The number of amides is 1. The smallest absolute Gasteiger partial charge is 0.312 e. The standard InChI is InChI=1S/C15H19NO5/c1-19-14(18)11-10-4-5-15(21-10)8-16(13(17)12(11)15)7-9-3-2-6-20-9/h4-5,9-12H,2-3,6-8H2,1H3/t9-,10-,11+,12-,15+/m0/s1. The minimum absolute atomic E-state index is 0.00671. The Labute approximate surface area is 123 Å². The number of fused-ring (bicyclic) bond motifs is 1. The van der Waals surface area contributed by atoms with E-state index in [4.69, 9.17) is 14.2 Å². The Morgan fingerprint density at radius 2 is 2.43 bits per heavy atom. The summed E-state index contributed by atoms with van der Waals surface area (Å²) in [5.41, 5.74) is -0.640. The van der Waals surface area contributed by atoms with Crippen LogP contribution in [0, 0.1) is 11.8 Å². The van der Waals surface area contributed by atoms with E-state index in [-0.39, 0.29) is 24.1 Å². The zero-order chi connectivity index (χ0) is 14.6. The maximum Gasteiger partial charge on any atom is 0.312 e. The Balaban J connectivity index is 1.57. The summed E-state index contributed by atoms with van der Waals surface area (Å²) < 4.78 is 16.4. The molecule has 2 bridgehead atoms. The van der Waals surface area contributed by atoms with E-state index >= 15 is 0 Å². The third-order valence-corrected chi connectivity index (χ3v) is 5.10. The number of ether oxygens (including phenoxy) is 3. The zero-order valence-corrected chi connectivity index (χ0v) is 12.0. The van der Waals surface area contributed by atoms with Gasteiger partial charge in [-0.15, -0.1) is 0 Å². The van der Waals surface area contributed by atoms with Crippen molar-refractivity contribution in [1.82, 2.24) is 4.90 Å². The van der Waals surface area contributed by atoms with Crippen molar-refractivity contribution in [3.63, 3.8) is 0 Å². The Bertz CT molecular complexity index is 512. The summed E-state index contributed by atoms with van der Waals surface area (Å²) in [5, 5.41) is 0. The summed E-state index contributed by atoms with van der Waals surface area (Å²) in [4.78, 5) is 26.5. The lowest BCUT2D eigenvalue weighted by Crippen LogP contribution is -2.40. The summed E-state index contributed by atoms with van der Waals surface area (Å²) in [6.45, 7) is 1.87. The van der Waals surface area contributed by atoms with E-state index in [0.29, 0.717) is 13.1 Å². The highest BCUT2D eigenvalue weighted by atomic mass is 16.5. The number of hydrogen-bond acceptors (Lipinski definition) is 5. The quantitative estimate of drug-likeness (QED) is 0.546. The van der Waals surface area contributed by atoms with Crippen LogP contribution in [0.25, 0.3) is 0 Å². The van der Waals surface area contributed by atoms with Crippen molar-refractivity contribution < 1.29 is 23.8 Å². The summed E-state index contributed by atoms with van der Waals surface area (Å²) in [6.07, 6.45) is 5.67. The van der Waals surface area contributed by atoms with Gasteiger partial charge in [0.2, 0.25) is 5.91 Å². The highest BCUT2D eigenvalue weighted by molar-refractivity contribution is 5.91. The number of methoxy groups -OCH3 is 1. The van der Waals surface area contributed by atoms with Crippen LogP contribution in [0.1, 0.15) is 12.8 Å². The minimum Gasteiger partial charge on any atom is -0.469 e. The highest BCUT2D eigenvalue weighted by Gasteiger charge is 2.67. The van der Waals surface area contributed by atoms with E-state index in [1.165, 1.54) is 7.11 Å². The molecule has 21 heavy (non-hydrogen) atoms. The normalized spacial score (nSPS) is 43.7. The van der Waals surface area contributed by atoms with Gasteiger partial charge in [-0.3, -0.25) is 9.59 Å². The number of esters is 1. The van der Waals surface area contributed by atoms with Crippen LogP contribution in [0.4, 0.5) is 0 Å². The number of carbonyl (C=O) groups is 2. The van der Waals surface area contributed by atoms with E-state index < -0.39 is 17.4 Å². The SMILES string of the molecule is COC(=O)[C@@H]1[C@@H]2C=C[C@]3(CN(C[C@@H]4CCCO4)C(=O)[C@H]13)O2. The summed E-state index contributed by atoms with van der Waals surface area (Å²) in [6, 6.07) is 0. The van der Waals surface area contributed by atoms with Gasteiger partial charge in [0.05, 0.1) is 31.8 Å². The molecule has 0 N–H and O–H groups in total. The molecule has 1 spiro atoms. The first-order valence-corrected chi connectivity index (χ1v) is 7.50. The lowest BCUT2D eigenvalue weighted by Gasteiger charge is -2.23. The highest BCUT2D eigenvalue weighted by Crippen LogP contribution is 2.52. The molecule has 4 aliphatic rings. The molecule has 3 saturated heterocycles. The molecule has 0 aromatic carbocycles. The second-order valence-electron chi connectivity index (χ2n) is 6.28. The van der Waals surface area contributed by atoms with Crippen molar-refractivity contribution in [3.8, 4) is 0 Å². The van der Waals surface area contributed by atoms with E-state index in [1.807, 2.05) is 12.2 Å². The van der Waals surface area contributed by atoms with Crippen molar-refractivity contribution >= 4 is 11.9 Å². The monoisotopic (exact) mass is 293 g/mol. The molecule has 0 aliphatic carbocycles. The van der Waals surface area contributed by atoms with Gasteiger partial charge in [-0.25, -0.2) is 0 Å². The van der Waals surface area contributed by atoms with Crippen molar-refractivity contribution in [3.05, 3.63) is 12.2 Å².